The number of sulfonamides is 1. The van der Waals surface area contributed by atoms with Crippen LogP contribution < -0.4 is 14.2 Å². The third kappa shape index (κ3) is 3.49. The highest BCUT2D eigenvalue weighted by atomic mass is 32.2. The summed E-state index contributed by atoms with van der Waals surface area (Å²) in [5.74, 6) is 1.17. The minimum atomic E-state index is -3.50. The zero-order valence-corrected chi connectivity index (χ0v) is 17.3. The lowest BCUT2D eigenvalue weighted by atomic mass is 10.0. The lowest BCUT2D eigenvalue weighted by molar-refractivity contribution is 0.0690. The Kier molecular flexibility index (Phi) is 5.07. The molecule has 2 fully saturated rings. The SMILES string of the molecule is COc1cc(OC)cc(C(=O)N2C[C@@H]3C[C@H]2C[C@@H]3NS(=O)(=O)c2cccs2)c1. The van der Waals surface area contributed by atoms with Gasteiger partial charge >= 0.3 is 0 Å². The molecule has 1 aliphatic carbocycles. The molecule has 2 heterocycles. The molecule has 28 heavy (non-hydrogen) atoms. The minimum absolute atomic E-state index is 0.0331. The van der Waals surface area contributed by atoms with Crippen LogP contribution in [0.2, 0.25) is 0 Å². The number of benzene rings is 1. The smallest absolute Gasteiger partial charge is 0.254 e. The maximum Gasteiger partial charge on any atom is 0.254 e. The second-order valence-electron chi connectivity index (χ2n) is 7.10. The van der Waals surface area contributed by atoms with E-state index < -0.39 is 10.0 Å². The number of likely N-dealkylation sites (tertiary alicyclic amines) is 1. The van der Waals surface area contributed by atoms with E-state index in [9.17, 15) is 13.2 Å². The number of methoxy groups -OCH3 is 2. The summed E-state index contributed by atoms with van der Waals surface area (Å²) in [6, 6.07) is 8.35. The Morgan fingerprint density at radius 3 is 2.43 bits per heavy atom. The fourth-order valence-corrected chi connectivity index (χ4v) is 6.44. The molecule has 3 atom stereocenters. The van der Waals surface area contributed by atoms with Crippen LogP contribution in [-0.4, -0.2) is 52.1 Å². The molecule has 0 spiro atoms. The zero-order chi connectivity index (χ0) is 19.9. The number of nitrogens with zero attached hydrogens (tertiary/aromatic N) is 1. The van der Waals surface area contributed by atoms with E-state index in [0.717, 1.165) is 6.42 Å². The number of amides is 1. The third-order valence-corrected chi connectivity index (χ3v) is 8.35. The molecular formula is C19H22N2O5S2. The number of rotatable bonds is 6. The number of carbonyl (C=O) groups excluding carboxylic acids is 1. The molecule has 1 aromatic carbocycles. The molecule has 150 valence electrons. The van der Waals surface area contributed by atoms with Crippen LogP contribution in [0, 0.1) is 5.92 Å². The molecule has 2 aliphatic rings. The van der Waals surface area contributed by atoms with Crippen LogP contribution in [0.1, 0.15) is 23.2 Å². The second kappa shape index (κ2) is 7.38. The van der Waals surface area contributed by atoms with Crippen LogP contribution in [-0.2, 0) is 10.0 Å². The average Bonchev–Trinajstić information content (AvgIpc) is 3.43. The first kappa shape index (κ1) is 19.2. The van der Waals surface area contributed by atoms with E-state index in [-0.39, 0.29) is 23.9 Å². The highest BCUT2D eigenvalue weighted by Gasteiger charge is 2.47. The second-order valence-corrected chi connectivity index (χ2v) is 9.99. The van der Waals surface area contributed by atoms with E-state index in [1.165, 1.54) is 11.3 Å². The molecule has 1 N–H and O–H groups in total. The van der Waals surface area contributed by atoms with Crippen molar-refractivity contribution in [3.8, 4) is 11.5 Å². The van der Waals surface area contributed by atoms with E-state index >= 15 is 0 Å². The summed E-state index contributed by atoms with van der Waals surface area (Å²) in [7, 11) is -0.405. The summed E-state index contributed by atoms with van der Waals surface area (Å²) in [5, 5.41) is 1.75. The molecular weight excluding hydrogens is 400 g/mol. The molecule has 2 aromatic rings. The van der Waals surface area contributed by atoms with Crippen LogP contribution in [0.15, 0.2) is 39.9 Å². The quantitative estimate of drug-likeness (QED) is 0.772. The van der Waals surface area contributed by atoms with E-state index in [1.807, 2.05) is 4.90 Å². The van der Waals surface area contributed by atoms with Gasteiger partial charge in [0.05, 0.1) is 14.2 Å². The fraction of sp³-hybridized carbons (Fsp3) is 0.421. The first-order valence-electron chi connectivity index (χ1n) is 9.01. The molecule has 1 aliphatic heterocycles. The Balaban J connectivity index is 1.46. The zero-order valence-electron chi connectivity index (χ0n) is 15.6. The number of hydrogen-bond donors (Lipinski definition) is 1. The lowest BCUT2D eigenvalue weighted by Gasteiger charge is -2.32. The Hall–Kier alpha value is -2.10. The average molecular weight is 423 g/mol. The molecule has 1 amide bonds. The highest BCUT2D eigenvalue weighted by molar-refractivity contribution is 7.91. The molecule has 0 unspecified atom stereocenters. The van der Waals surface area contributed by atoms with Gasteiger partial charge in [0.15, 0.2) is 0 Å². The van der Waals surface area contributed by atoms with Crippen LogP contribution in [0.3, 0.4) is 0 Å². The van der Waals surface area contributed by atoms with Crippen LogP contribution >= 0.6 is 11.3 Å². The molecule has 9 heteroatoms. The first-order chi connectivity index (χ1) is 13.4. The molecule has 7 nitrogen and oxygen atoms in total. The van der Waals surface area contributed by atoms with Gasteiger partial charge in [-0.25, -0.2) is 13.1 Å². The number of piperidine rings is 1. The third-order valence-electron chi connectivity index (χ3n) is 5.47. The van der Waals surface area contributed by atoms with Gasteiger partial charge in [-0.2, -0.15) is 0 Å². The van der Waals surface area contributed by atoms with Gasteiger partial charge in [0.25, 0.3) is 5.91 Å². The standard InChI is InChI=1S/C19H22N2O5S2/c1-25-15-7-12(8-16(10-15)26-2)19(22)21-11-13-6-14(21)9-17(13)20-28(23,24)18-4-3-5-27-18/h3-5,7-8,10,13-14,17,20H,6,9,11H2,1-2H3/t13-,14-,17-/m0/s1. The maximum atomic E-state index is 13.0. The molecule has 0 radical (unpaired) electrons. The van der Waals surface area contributed by atoms with Gasteiger partial charge in [-0.3, -0.25) is 4.79 Å². The Labute approximate surface area is 168 Å². The summed E-state index contributed by atoms with van der Waals surface area (Å²) in [4.78, 5) is 14.9. The summed E-state index contributed by atoms with van der Waals surface area (Å²) in [6.07, 6.45) is 1.44. The number of ether oxygens (including phenoxy) is 2. The highest BCUT2D eigenvalue weighted by Crippen LogP contribution is 2.40. The van der Waals surface area contributed by atoms with Crippen molar-refractivity contribution >= 4 is 27.3 Å². The summed E-state index contributed by atoms with van der Waals surface area (Å²) in [6.45, 7) is 0.542. The molecule has 1 saturated heterocycles. The summed E-state index contributed by atoms with van der Waals surface area (Å²) < 4.78 is 38.6. The van der Waals surface area contributed by atoms with Gasteiger partial charge in [-0.15, -0.1) is 11.3 Å². The first-order valence-corrected chi connectivity index (χ1v) is 11.4. The lowest BCUT2D eigenvalue weighted by Crippen LogP contribution is -2.47. The molecule has 2 bridgehead atoms. The number of carbonyl (C=O) groups is 1. The van der Waals surface area contributed by atoms with Crippen molar-refractivity contribution < 1.29 is 22.7 Å². The van der Waals surface area contributed by atoms with Gasteiger partial charge in [-0.05, 0) is 42.3 Å². The summed E-state index contributed by atoms with van der Waals surface area (Å²) in [5.41, 5.74) is 0.513. The van der Waals surface area contributed by atoms with Crippen molar-refractivity contribution in [2.45, 2.75) is 29.1 Å². The van der Waals surface area contributed by atoms with Crippen molar-refractivity contribution in [2.24, 2.45) is 5.92 Å². The fourth-order valence-electron chi connectivity index (χ4n) is 4.12. The predicted octanol–water partition coefficient (Wildman–Crippen LogP) is 2.35. The number of hydrogen-bond acceptors (Lipinski definition) is 6. The molecule has 1 saturated carbocycles. The van der Waals surface area contributed by atoms with Gasteiger partial charge in [0, 0.05) is 30.3 Å². The van der Waals surface area contributed by atoms with Crippen molar-refractivity contribution in [1.82, 2.24) is 9.62 Å². The normalized spacial score (nSPS) is 23.8. The van der Waals surface area contributed by atoms with Gasteiger partial charge < -0.3 is 14.4 Å². The monoisotopic (exact) mass is 422 g/mol. The van der Waals surface area contributed by atoms with E-state index in [4.69, 9.17) is 9.47 Å². The summed E-state index contributed by atoms with van der Waals surface area (Å²) >= 11 is 1.20. The van der Waals surface area contributed by atoms with Crippen molar-refractivity contribution in [3.63, 3.8) is 0 Å². The number of nitrogens with one attached hydrogen (secondary N) is 1. The maximum absolute atomic E-state index is 13.0. The topological polar surface area (TPSA) is 84.9 Å². The Morgan fingerprint density at radius 2 is 1.89 bits per heavy atom. The van der Waals surface area contributed by atoms with Gasteiger partial charge in [-0.1, -0.05) is 6.07 Å². The predicted molar refractivity (Wildman–Crippen MR) is 106 cm³/mol. The number of fused-ring (bicyclic) bond motifs is 2. The van der Waals surface area contributed by atoms with E-state index in [2.05, 4.69) is 4.72 Å². The number of thiophene rings is 1. The van der Waals surface area contributed by atoms with Gasteiger partial charge in [0.1, 0.15) is 15.7 Å². The van der Waals surface area contributed by atoms with Gasteiger partial charge in [0.2, 0.25) is 10.0 Å². The van der Waals surface area contributed by atoms with Crippen LogP contribution in [0.4, 0.5) is 0 Å². The van der Waals surface area contributed by atoms with Crippen molar-refractivity contribution in [3.05, 3.63) is 41.3 Å². The Bertz CT molecular complexity index is 952. The van der Waals surface area contributed by atoms with Crippen LogP contribution in [0.25, 0.3) is 0 Å². The van der Waals surface area contributed by atoms with E-state index in [1.54, 1.807) is 49.9 Å². The van der Waals surface area contributed by atoms with Crippen molar-refractivity contribution in [2.75, 3.05) is 20.8 Å². The largest absolute Gasteiger partial charge is 0.497 e. The van der Waals surface area contributed by atoms with Crippen molar-refractivity contribution in [1.29, 1.82) is 0 Å². The van der Waals surface area contributed by atoms with E-state index in [0.29, 0.717) is 34.2 Å². The Morgan fingerprint density at radius 1 is 1.18 bits per heavy atom. The molecule has 1 aromatic heterocycles. The molecule has 4 rings (SSSR count). The minimum Gasteiger partial charge on any atom is -0.497 e. The van der Waals surface area contributed by atoms with Crippen LogP contribution in [0.5, 0.6) is 11.5 Å².